The fraction of sp³-hybridized carbons (Fsp3) is 0.400. The van der Waals surface area contributed by atoms with E-state index in [-0.39, 0.29) is 0 Å². The molecule has 0 fully saturated rings. The molecule has 0 spiro atoms. The number of hydrogen-bond donors (Lipinski definition) is 1. The summed E-state index contributed by atoms with van der Waals surface area (Å²) in [6.45, 7) is 3.47. The van der Waals surface area contributed by atoms with Crippen molar-refractivity contribution in [2.24, 2.45) is 5.14 Å². The topological polar surface area (TPSA) is 60.2 Å². The average Bonchev–Trinajstić information content (AvgIpc) is 2.16. The van der Waals surface area contributed by atoms with Crippen LogP contribution in [0.4, 0.5) is 0 Å². The van der Waals surface area contributed by atoms with E-state index >= 15 is 0 Å². The summed E-state index contributed by atoms with van der Waals surface area (Å²) >= 11 is 0. The van der Waals surface area contributed by atoms with Crippen molar-refractivity contribution in [1.29, 1.82) is 0 Å². The van der Waals surface area contributed by atoms with Crippen molar-refractivity contribution >= 4 is 10.0 Å². The van der Waals surface area contributed by atoms with Crippen molar-refractivity contribution in [3.63, 3.8) is 0 Å². The maximum Gasteiger partial charge on any atom is 0.218 e. The third kappa shape index (κ3) is 1.81. The lowest BCUT2D eigenvalue weighted by atomic mass is 9.98. The van der Waals surface area contributed by atoms with E-state index in [1.54, 1.807) is 19.1 Å². The van der Waals surface area contributed by atoms with Crippen molar-refractivity contribution in [2.45, 2.75) is 25.0 Å². The summed E-state index contributed by atoms with van der Waals surface area (Å²) < 4.78 is 21.9. The first-order valence-electron chi connectivity index (χ1n) is 4.49. The largest absolute Gasteiger partial charge is 0.228 e. The highest BCUT2D eigenvalue weighted by molar-refractivity contribution is 7.90. The number of benzene rings is 1. The van der Waals surface area contributed by atoms with Crippen LogP contribution in [0.3, 0.4) is 0 Å². The number of sulfonamides is 1. The van der Waals surface area contributed by atoms with Crippen LogP contribution in [0.15, 0.2) is 30.3 Å². The Morgan fingerprint density at radius 3 is 2.14 bits per heavy atom. The van der Waals surface area contributed by atoms with E-state index in [4.69, 9.17) is 5.14 Å². The van der Waals surface area contributed by atoms with Gasteiger partial charge in [-0.2, -0.15) is 0 Å². The lowest BCUT2D eigenvalue weighted by Crippen LogP contribution is -2.37. The molecule has 14 heavy (non-hydrogen) atoms. The molecule has 0 bridgehead atoms. The van der Waals surface area contributed by atoms with Gasteiger partial charge in [0.1, 0.15) is 4.75 Å². The normalized spacial score (nSPS) is 16.2. The van der Waals surface area contributed by atoms with Gasteiger partial charge in [0.05, 0.1) is 0 Å². The van der Waals surface area contributed by atoms with Gasteiger partial charge in [0, 0.05) is 0 Å². The summed E-state index contributed by atoms with van der Waals surface area (Å²) in [5.41, 5.74) is 0.741. The molecule has 0 saturated heterocycles. The van der Waals surface area contributed by atoms with Crippen LogP contribution in [0.2, 0.25) is 0 Å². The van der Waals surface area contributed by atoms with Crippen LogP contribution in [0.5, 0.6) is 0 Å². The zero-order valence-corrected chi connectivity index (χ0v) is 9.21. The highest BCUT2D eigenvalue weighted by atomic mass is 32.2. The van der Waals surface area contributed by atoms with E-state index in [0.717, 1.165) is 5.56 Å². The van der Waals surface area contributed by atoms with Gasteiger partial charge in [0.25, 0.3) is 0 Å². The SMILES string of the molecule is CCC(C)(c1ccccc1)S(N)(=O)=O. The molecule has 78 valence electrons. The predicted octanol–water partition coefficient (Wildman–Crippen LogP) is 1.60. The van der Waals surface area contributed by atoms with E-state index in [2.05, 4.69) is 0 Å². The Labute approximate surface area is 85.0 Å². The van der Waals surface area contributed by atoms with Crippen LogP contribution in [0.1, 0.15) is 25.8 Å². The molecule has 0 aromatic heterocycles. The maximum absolute atomic E-state index is 11.5. The molecule has 1 aromatic rings. The second-order valence-corrected chi connectivity index (χ2v) is 5.49. The predicted molar refractivity (Wildman–Crippen MR) is 57.2 cm³/mol. The van der Waals surface area contributed by atoms with Gasteiger partial charge in [-0.3, -0.25) is 0 Å². The molecule has 0 aliphatic rings. The first kappa shape index (κ1) is 11.2. The van der Waals surface area contributed by atoms with Crippen molar-refractivity contribution in [3.8, 4) is 0 Å². The minimum Gasteiger partial charge on any atom is -0.228 e. The van der Waals surface area contributed by atoms with Gasteiger partial charge >= 0.3 is 0 Å². The van der Waals surface area contributed by atoms with Crippen molar-refractivity contribution in [2.75, 3.05) is 0 Å². The van der Waals surface area contributed by atoms with E-state index in [1.165, 1.54) is 0 Å². The summed E-state index contributed by atoms with van der Waals surface area (Å²) in [6, 6.07) is 9.05. The Morgan fingerprint density at radius 2 is 1.79 bits per heavy atom. The van der Waals surface area contributed by atoms with Gasteiger partial charge in [-0.1, -0.05) is 37.3 Å². The van der Waals surface area contributed by atoms with Crippen LogP contribution >= 0.6 is 0 Å². The molecule has 0 aliphatic heterocycles. The van der Waals surface area contributed by atoms with Gasteiger partial charge in [-0.25, -0.2) is 13.6 Å². The summed E-state index contributed by atoms with van der Waals surface area (Å²) in [5.74, 6) is 0. The standard InChI is InChI=1S/C10H15NO2S/c1-3-10(2,14(11,12)13)9-7-5-4-6-8-9/h4-8H,3H2,1-2H3,(H2,11,12,13). The molecule has 0 heterocycles. The Hall–Kier alpha value is -0.870. The number of rotatable bonds is 3. The minimum absolute atomic E-state index is 0.468. The lowest BCUT2D eigenvalue weighted by Gasteiger charge is -2.25. The Morgan fingerprint density at radius 1 is 1.29 bits per heavy atom. The Balaban J connectivity index is 3.30. The van der Waals surface area contributed by atoms with E-state index in [1.807, 2.05) is 25.1 Å². The molecule has 0 radical (unpaired) electrons. The van der Waals surface area contributed by atoms with Gasteiger partial charge < -0.3 is 0 Å². The minimum atomic E-state index is -3.57. The Kier molecular flexibility index (Phi) is 2.97. The third-order valence-electron chi connectivity index (χ3n) is 2.69. The molecular weight excluding hydrogens is 198 g/mol. The van der Waals surface area contributed by atoms with Crippen LogP contribution < -0.4 is 5.14 Å². The molecule has 0 aliphatic carbocycles. The van der Waals surface area contributed by atoms with E-state index in [0.29, 0.717) is 6.42 Å². The number of nitrogens with two attached hydrogens (primary N) is 1. The van der Waals surface area contributed by atoms with Crippen LogP contribution in [0.25, 0.3) is 0 Å². The third-order valence-corrected chi connectivity index (χ3v) is 4.47. The molecule has 4 heteroatoms. The lowest BCUT2D eigenvalue weighted by molar-refractivity contribution is 0.531. The first-order chi connectivity index (χ1) is 6.42. The van der Waals surface area contributed by atoms with Gasteiger partial charge in [0.15, 0.2) is 0 Å². The fourth-order valence-corrected chi connectivity index (χ4v) is 2.23. The first-order valence-corrected chi connectivity index (χ1v) is 6.04. The zero-order valence-electron chi connectivity index (χ0n) is 8.40. The molecule has 2 N–H and O–H groups in total. The van der Waals surface area contributed by atoms with Gasteiger partial charge in [0.2, 0.25) is 10.0 Å². The van der Waals surface area contributed by atoms with Crippen molar-refractivity contribution in [3.05, 3.63) is 35.9 Å². The van der Waals surface area contributed by atoms with Gasteiger partial charge in [-0.05, 0) is 18.9 Å². The van der Waals surface area contributed by atoms with Crippen LogP contribution in [0, 0.1) is 0 Å². The highest BCUT2D eigenvalue weighted by Gasteiger charge is 2.36. The van der Waals surface area contributed by atoms with Crippen LogP contribution in [-0.4, -0.2) is 8.42 Å². The summed E-state index contributed by atoms with van der Waals surface area (Å²) in [5, 5.41) is 5.23. The smallest absolute Gasteiger partial charge is 0.218 e. The molecule has 1 rings (SSSR count). The number of primary sulfonamides is 1. The molecular formula is C10H15NO2S. The highest BCUT2D eigenvalue weighted by Crippen LogP contribution is 2.31. The molecule has 1 atom stereocenters. The zero-order chi connectivity index (χ0) is 10.8. The monoisotopic (exact) mass is 213 g/mol. The second kappa shape index (κ2) is 3.71. The average molecular weight is 213 g/mol. The van der Waals surface area contributed by atoms with Crippen molar-refractivity contribution < 1.29 is 8.42 Å². The molecule has 1 unspecified atom stereocenters. The Bertz CT molecular complexity index is 399. The fourth-order valence-electron chi connectivity index (χ4n) is 1.36. The molecule has 1 aromatic carbocycles. The molecule has 0 amide bonds. The second-order valence-electron chi connectivity index (χ2n) is 3.50. The van der Waals surface area contributed by atoms with Crippen molar-refractivity contribution in [1.82, 2.24) is 0 Å². The van der Waals surface area contributed by atoms with E-state index in [9.17, 15) is 8.42 Å². The van der Waals surface area contributed by atoms with E-state index < -0.39 is 14.8 Å². The summed E-state index contributed by atoms with van der Waals surface area (Å²) in [6.07, 6.45) is 0.468. The molecule has 3 nitrogen and oxygen atoms in total. The number of hydrogen-bond acceptors (Lipinski definition) is 2. The summed E-state index contributed by atoms with van der Waals surface area (Å²) in [7, 11) is -3.57. The maximum atomic E-state index is 11.5. The van der Waals surface area contributed by atoms with Gasteiger partial charge in [-0.15, -0.1) is 0 Å². The molecule has 0 saturated carbocycles. The quantitative estimate of drug-likeness (QED) is 0.829. The summed E-state index contributed by atoms with van der Waals surface area (Å²) in [4.78, 5) is 0. The van der Waals surface area contributed by atoms with Crippen LogP contribution in [-0.2, 0) is 14.8 Å².